The number of aliphatic hydroxyl groups excluding tert-OH is 3. The van der Waals surface area contributed by atoms with E-state index in [0.29, 0.717) is 0 Å². The van der Waals surface area contributed by atoms with Gasteiger partial charge in [-0.2, -0.15) is 4.31 Å². The number of anilines is 1. The van der Waals surface area contributed by atoms with E-state index in [9.17, 15) is 53.4 Å². The first kappa shape index (κ1) is 40.0. The van der Waals surface area contributed by atoms with E-state index in [-0.39, 0.29) is 58.5 Å². The van der Waals surface area contributed by atoms with Crippen LogP contribution in [-0.4, -0.2) is 151 Å². The topological polar surface area (TPSA) is 364 Å². The summed E-state index contributed by atoms with van der Waals surface area (Å²) in [6.07, 6.45) is -6.47. The fourth-order valence-electron chi connectivity index (χ4n) is 4.93. The number of phosphoric acid groups is 3. The van der Waals surface area contributed by atoms with Crippen LogP contribution < -0.4 is 11.5 Å². The van der Waals surface area contributed by atoms with Crippen molar-refractivity contribution in [3.8, 4) is 0 Å². The Morgan fingerprint density at radius 1 is 0.939 bits per heavy atom. The van der Waals surface area contributed by atoms with Crippen molar-refractivity contribution in [1.82, 2.24) is 24.4 Å². The smallest absolute Gasteiger partial charge is 0.387 e. The largest absolute Gasteiger partial charge is 0.481 e. The number of allylic oxidation sites excluding steroid dienone is 1. The number of hydrogen-bond acceptors (Lipinski definition) is 18. The molecule has 2 saturated heterocycles. The van der Waals surface area contributed by atoms with E-state index in [4.69, 9.17) is 30.0 Å². The third kappa shape index (κ3) is 9.39. The van der Waals surface area contributed by atoms with Gasteiger partial charge in [0, 0.05) is 47.5 Å². The van der Waals surface area contributed by atoms with E-state index < -0.39 is 91.7 Å². The number of fused-ring (bicyclic) bond motifs is 1. The van der Waals surface area contributed by atoms with E-state index in [1.807, 2.05) is 0 Å². The summed E-state index contributed by atoms with van der Waals surface area (Å²) in [5.74, 6) is -0.791. The van der Waals surface area contributed by atoms with Gasteiger partial charge in [0.05, 0.1) is 19.5 Å². The Bertz CT molecular complexity index is 1740. The van der Waals surface area contributed by atoms with E-state index >= 15 is 0 Å². The standard InChI is InChI=1S/C21H30N7O17P3.Na/c22-17-12-19(25-7-24-17)28(8-26-12)21-16(44-46(33,34)35)14(30)11(43-21)6-41-48(38,39)45-47(36,37)40-5-10-13(29)15(31)20(42-10)27-3-1-2-9(4-27)18(23)32;/h1,3-4,7-8,10-11,13-16,20-21,29-31H,2,5-6H2,(H2,23,32)(H,36,37)(H,38,39)(H2,22,24,25)(H2,33,34,35);/t10-,11-,13-,14-,15-,16-,20-,21-;/m1./s1. The number of aliphatic hydroxyl groups is 3. The third-order valence-corrected chi connectivity index (χ3v) is 10.2. The Morgan fingerprint density at radius 2 is 1.55 bits per heavy atom. The molecule has 2 aromatic heterocycles. The van der Waals surface area contributed by atoms with Crippen LogP contribution in [0.25, 0.3) is 11.2 Å². The summed E-state index contributed by atoms with van der Waals surface area (Å²) in [6.45, 7) is -2.02. The molecule has 0 aromatic carbocycles. The Balaban J connectivity index is 0.00000541. The number of carbonyl (C=O) groups excluding carboxylic acids is 1. The fourth-order valence-corrected chi connectivity index (χ4v) is 7.57. The molecule has 3 aliphatic heterocycles. The van der Waals surface area contributed by atoms with Gasteiger partial charge < -0.3 is 60.7 Å². The zero-order chi connectivity index (χ0) is 35.2. The summed E-state index contributed by atoms with van der Waals surface area (Å²) in [6, 6.07) is 0. The van der Waals surface area contributed by atoms with Crippen LogP contribution in [0.2, 0.25) is 0 Å². The average Bonchev–Trinajstić information content (AvgIpc) is 3.64. The van der Waals surface area contributed by atoms with Crippen molar-refractivity contribution < 1.29 is 80.7 Å². The Hall–Kier alpha value is -1.73. The first-order chi connectivity index (χ1) is 22.4. The second kappa shape index (κ2) is 15.5. The van der Waals surface area contributed by atoms with Gasteiger partial charge in [-0.15, -0.1) is 0 Å². The maximum absolute atomic E-state index is 12.6. The van der Waals surface area contributed by atoms with Gasteiger partial charge in [-0.1, -0.05) is 6.08 Å². The number of carbonyl (C=O) groups is 1. The van der Waals surface area contributed by atoms with Crippen molar-refractivity contribution >= 4 is 75.9 Å². The number of nitrogens with two attached hydrogens (primary N) is 2. The van der Waals surface area contributed by atoms with Crippen LogP contribution in [-0.2, 0) is 45.8 Å². The third-order valence-electron chi connectivity index (χ3n) is 7.11. The second-order valence-corrected chi connectivity index (χ2v) is 14.6. The summed E-state index contributed by atoms with van der Waals surface area (Å²) in [7, 11) is -16.3. The number of amides is 1. The first-order valence-electron chi connectivity index (χ1n) is 13.5. The summed E-state index contributed by atoms with van der Waals surface area (Å²) in [5, 5.41) is 31.5. The normalized spacial score (nSPS) is 31.2. The number of phosphoric ester groups is 3. The number of nitrogens with zero attached hydrogens (tertiary/aromatic N) is 5. The molecule has 24 nitrogen and oxygen atoms in total. The molecule has 5 heterocycles. The van der Waals surface area contributed by atoms with Crippen molar-refractivity contribution in [3.05, 3.63) is 36.7 Å². The van der Waals surface area contributed by atoms with Crippen LogP contribution in [0.3, 0.4) is 0 Å². The number of nitrogen functional groups attached to an aromatic ring is 1. The average molecular weight is 768 g/mol. The van der Waals surface area contributed by atoms with Crippen LogP contribution >= 0.6 is 23.5 Å². The van der Waals surface area contributed by atoms with Crippen molar-refractivity contribution in [2.24, 2.45) is 5.73 Å². The molecule has 11 N–H and O–H groups in total. The zero-order valence-electron chi connectivity index (χ0n) is 25.1. The Morgan fingerprint density at radius 3 is 2.16 bits per heavy atom. The summed E-state index contributed by atoms with van der Waals surface area (Å²) < 4.78 is 67.2. The monoisotopic (exact) mass is 768 g/mol. The van der Waals surface area contributed by atoms with Crippen LogP contribution in [0.4, 0.5) is 5.82 Å². The van der Waals surface area contributed by atoms with Gasteiger partial charge in [0.1, 0.15) is 48.5 Å². The molecule has 0 bridgehead atoms. The number of aromatic nitrogens is 4. The molecule has 10 atom stereocenters. The van der Waals surface area contributed by atoms with Crippen LogP contribution in [0.5, 0.6) is 0 Å². The van der Waals surface area contributed by atoms with Crippen molar-refractivity contribution in [2.45, 2.75) is 55.5 Å². The molecule has 28 heteroatoms. The van der Waals surface area contributed by atoms with Gasteiger partial charge in [-0.25, -0.2) is 28.6 Å². The van der Waals surface area contributed by atoms with Crippen molar-refractivity contribution in [2.75, 3.05) is 18.9 Å². The van der Waals surface area contributed by atoms with E-state index in [1.165, 1.54) is 23.4 Å². The van der Waals surface area contributed by atoms with E-state index in [0.717, 1.165) is 17.2 Å². The number of hydrogen-bond donors (Lipinski definition) is 9. The van der Waals surface area contributed by atoms with E-state index in [1.54, 1.807) is 0 Å². The number of ether oxygens (including phenoxy) is 2. The molecule has 2 aromatic rings. The molecule has 1 radical (unpaired) electrons. The minimum absolute atomic E-state index is 0. The number of primary amides is 1. The molecule has 3 aliphatic rings. The maximum atomic E-state index is 12.6. The first-order valence-corrected chi connectivity index (χ1v) is 18.0. The molecule has 1 amide bonds. The molecule has 2 unspecified atom stereocenters. The Kier molecular flexibility index (Phi) is 12.7. The molecule has 0 aliphatic carbocycles. The Labute approximate surface area is 297 Å². The molecule has 0 spiro atoms. The molecular formula is C21H30N7NaO17P3. The SMILES string of the molecule is NC(=O)C1=CN([C@@H]2O[C@H](COP(=O)(O)OP(=O)(O)OC[C@H]3O[C@@H](n4cnc5c(N)ncnc54)[C@H](OP(=O)(O)O)[C@@H]3O)[C@@H](O)[C@H]2O)C=CC1.[Na]. The van der Waals surface area contributed by atoms with Gasteiger partial charge in [-0.05, 0) is 6.42 Å². The molecule has 0 saturated carbocycles. The van der Waals surface area contributed by atoms with Crippen LogP contribution in [0.1, 0.15) is 12.6 Å². The molecule has 49 heavy (non-hydrogen) atoms. The molecule has 267 valence electrons. The predicted octanol–water partition coefficient (Wildman–Crippen LogP) is -2.95. The summed E-state index contributed by atoms with van der Waals surface area (Å²) in [4.78, 5) is 63.4. The fraction of sp³-hybridized carbons (Fsp3) is 0.524. The maximum Gasteiger partial charge on any atom is 0.481 e. The van der Waals surface area contributed by atoms with Gasteiger partial charge in [-0.3, -0.25) is 22.9 Å². The quantitative estimate of drug-likeness (QED) is 0.0726. The minimum atomic E-state index is -5.52. The minimum Gasteiger partial charge on any atom is -0.387 e. The van der Waals surface area contributed by atoms with Crippen LogP contribution in [0, 0.1) is 0 Å². The summed E-state index contributed by atoms with van der Waals surface area (Å²) >= 11 is 0. The molecule has 2 fully saturated rings. The van der Waals surface area contributed by atoms with Crippen molar-refractivity contribution in [3.63, 3.8) is 0 Å². The zero-order valence-corrected chi connectivity index (χ0v) is 29.8. The second-order valence-electron chi connectivity index (χ2n) is 10.4. The molecular weight excluding hydrogens is 738 g/mol. The number of imidazole rings is 1. The summed E-state index contributed by atoms with van der Waals surface area (Å²) in [5.41, 5.74) is 11.3. The van der Waals surface area contributed by atoms with Gasteiger partial charge in [0.25, 0.3) is 0 Å². The van der Waals surface area contributed by atoms with Crippen molar-refractivity contribution in [1.29, 1.82) is 0 Å². The predicted molar refractivity (Wildman–Crippen MR) is 159 cm³/mol. The van der Waals surface area contributed by atoms with Crippen LogP contribution in [0.15, 0.2) is 36.7 Å². The molecule has 5 rings (SSSR count). The number of rotatable bonds is 13. The van der Waals surface area contributed by atoms with E-state index in [2.05, 4.69) is 23.8 Å². The van der Waals surface area contributed by atoms with Gasteiger partial charge >= 0.3 is 23.5 Å². The van der Waals surface area contributed by atoms with Gasteiger partial charge in [0.15, 0.2) is 23.9 Å². The van der Waals surface area contributed by atoms with Gasteiger partial charge in [0.2, 0.25) is 5.91 Å².